The number of ether oxygens (including phenoxy) is 2. The van der Waals surface area contributed by atoms with Gasteiger partial charge in [-0.2, -0.15) is 13.2 Å². The molecule has 1 atom stereocenters. The number of rotatable bonds is 9. The molecule has 0 saturated carbocycles. The molecule has 1 fully saturated rings. The Morgan fingerprint density at radius 3 is 2.50 bits per heavy atom. The number of nitrogens with one attached hydrogen (secondary N) is 1. The molecule has 42 heavy (non-hydrogen) atoms. The molecule has 2 heterocycles. The maximum atomic E-state index is 12.8. The van der Waals surface area contributed by atoms with Gasteiger partial charge in [-0.25, -0.2) is 9.97 Å². The van der Waals surface area contributed by atoms with Gasteiger partial charge in [-0.15, -0.1) is 0 Å². The molecule has 1 saturated heterocycles. The number of nitrogens with zero attached hydrogens (tertiary/aromatic N) is 3. The molecule has 7 nitrogen and oxygen atoms in total. The number of hydrogen-bond acceptors (Lipinski definition) is 6. The largest absolute Gasteiger partial charge is 0.493 e. The smallest absolute Gasteiger partial charge is 0.416 e. The molecule has 0 radical (unpaired) electrons. The number of fused-ring (bicyclic) bond motifs is 1. The van der Waals surface area contributed by atoms with Gasteiger partial charge in [-0.05, 0) is 61.8 Å². The van der Waals surface area contributed by atoms with Crippen molar-refractivity contribution >= 4 is 22.5 Å². The van der Waals surface area contributed by atoms with E-state index in [2.05, 4.69) is 27.1 Å². The molecule has 1 unspecified atom stereocenters. The van der Waals surface area contributed by atoms with Gasteiger partial charge in [-0.1, -0.05) is 31.2 Å². The number of aromatic nitrogens is 2. The van der Waals surface area contributed by atoms with Crippen LogP contribution >= 0.6 is 0 Å². The highest BCUT2D eigenvalue weighted by molar-refractivity contribution is 5.95. The van der Waals surface area contributed by atoms with Crippen LogP contribution in [-0.2, 0) is 17.4 Å². The van der Waals surface area contributed by atoms with E-state index in [9.17, 15) is 18.0 Å². The summed E-state index contributed by atoms with van der Waals surface area (Å²) in [6.07, 6.45) is -0.629. The highest BCUT2D eigenvalue weighted by atomic mass is 19.4. The van der Waals surface area contributed by atoms with Gasteiger partial charge in [0.05, 0.1) is 36.9 Å². The Kier molecular flexibility index (Phi) is 8.91. The number of benzene rings is 3. The van der Waals surface area contributed by atoms with E-state index in [1.54, 1.807) is 19.2 Å². The van der Waals surface area contributed by atoms with Crippen LogP contribution < -0.4 is 14.8 Å². The molecular formula is C32H33F3N4O3. The zero-order valence-corrected chi connectivity index (χ0v) is 23.6. The van der Waals surface area contributed by atoms with Crippen LogP contribution in [0, 0.1) is 5.92 Å². The Bertz CT molecular complexity index is 1530. The summed E-state index contributed by atoms with van der Waals surface area (Å²) >= 11 is 0. The van der Waals surface area contributed by atoms with Gasteiger partial charge in [0.2, 0.25) is 5.91 Å². The molecule has 1 amide bonds. The molecule has 220 valence electrons. The van der Waals surface area contributed by atoms with E-state index in [4.69, 9.17) is 9.47 Å². The lowest BCUT2D eigenvalue weighted by molar-refractivity contribution is -0.137. The van der Waals surface area contributed by atoms with Gasteiger partial charge in [0.25, 0.3) is 0 Å². The number of halogens is 3. The molecular weight excluding hydrogens is 545 g/mol. The molecule has 0 aliphatic carbocycles. The average Bonchev–Trinajstić information content (AvgIpc) is 2.99. The lowest BCUT2D eigenvalue weighted by Gasteiger charge is -2.31. The van der Waals surface area contributed by atoms with Crippen LogP contribution in [0.5, 0.6) is 11.5 Å². The van der Waals surface area contributed by atoms with E-state index < -0.39 is 11.7 Å². The Balaban J connectivity index is 1.27. The monoisotopic (exact) mass is 578 g/mol. The van der Waals surface area contributed by atoms with Gasteiger partial charge in [0, 0.05) is 35.2 Å². The van der Waals surface area contributed by atoms with Crippen molar-refractivity contribution in [3.05, 3.63) is 78.1 Å². The lowest BCUT2D eigenvalue weighted by atomic mass is 9.99. The minimum atomic E-state index is -4.41. The SMILES string of the molecule is CCN1CCCC(COc2cc3ncnc(-c4ccc(NC(=O)Cc5ccc(C(F)(F)F)cc5)cc4)c3cc2OC)C1. The summed E-state index contributed by atoms with van der Waals surface area (Å²) in [5.41, 5.74) is 2.56. The van der Waals surface area contributed by atoms with Crippen molar-refractivity contribution in [2.45, 2.75) is 32.4 Å². The van der Waals surface area contributed by atoms with Gasteiger partial charge in [0.1, 0.15) is 6.33 Å². The van der Waals surface area contributed by atoms with E-state index in [1.807, 2.05) is 24.3 Å². The van der Waals surface area contributed by atoms with Crippen molar-refractivity contribution in [1.82, 2.24) is 14.9 Å². The van der Waals surface area contributed by atoms with Gasteiger partial charge in [0.15, 0.2) is 11.5 Å². The van der Waals surface area contributed by atoms with E-state index in [-0.39, 0.29) is 12.3 Å². The van der Waals surface area contributed by atoms with Gasteiger partial charge in [-0.3, -0.25) is 4.79 Å². The summed E-state index contributed by atoms with van der Waals surface area (Å²) in [6.45, 7) is 6.02. The third-order valence-corrected chi connectivity index (χ3v) is 7.53. The standard InChI is InChI=1S/C32H33F3N4O3/c1-3-39-14-4-5-22(18-39)19-42-29-17-27-26(16-28(29)41-2)31(37-20-36-27)23-8-12-25(13-9-23)38-30(40)15-21-6-10-24(11-7-21)32(33,34)35/h6-13,16-17,20,22H,3-5,14-15,18-19H2,1-2H3,(H,38,40). The van der Waals surface area contributed by atoms with E-state index in [0.717, 1.165) is 54.7 Å². The molecule has 0 bridgehead atoms. The van der Waals surface area contributed by atoms with Crippen molar-refractivity contribution < 1.29 is 27.4 Å². The maximum Gasteiger partial charge on any atom is 0.416 e. The van der Waals surface area contributed by atoms with Crippen molar-refractivity contribution in [2.75, 3.05) is 38.7 Å². The van der Waals surface area contributed by atoms with Gasteiger partial charge >= 0.3 is 6.18 Å². The highest BCUT2D eigenvalue weighted by Crippen LogP contribution is 2.36. The van der Waals surface area contributed by atoms with E-state index in [1.165, 1.54) is 24.9 Å². The Hall–Kier alpha value is -4.18. The van der Waals surface area contributed by atoms with Crippen LogP contribution in [-0.4, -0.2) is 54.1 Å². The fourth-order valence-electron chi connectivity index (χ4n) is 5.26. The summed E-state index contributed by atoms with van der Waals surface area (Å²) in [5.74, 6) is 1.39. The zero-order valence-electron chi connectivity index (χ0n) is 23.6. The minimum Gasteiger partial charge on any atom is -0.493 e. The summed E-state index contributed by atoms with van der Waals surface area (Å²) < 4.78 is 50.2. The number of alkyl halides is 3. The minimum absolute atomic E-state index is 0.0434. The summed E-state index contributed by atoms with van der Waals surface area (Å²) in [5, 5.41) is 3.59. The molecule has 1 aliphatic heterocycles. The van der Waals surface area contributed by atoms with Crippen molar-refractivity contribution in [1.29, 1.82) is 0 Å². The molecule has 1 aromatic heterocycles. The zero-order chi connectivity index (χ0) is 29.7. The first kappa shape index (κ1) is 29.3. The first-order chi connectivity index (χ1) is 20.2. The summed E-state index contributed by atoms with van der Waals surface area (Å²) in [4.78, 5) is 23.9. The molecule has 1 aliphatic rings. The Morgan fingerprint density at radius 2 is 1.81 bits per heavy atom. The number of likely N-dealkylation sites (tertiary alicyclic amines) is 1. The second-order valence-electron chi connectivity index (χ2n) is 10.5. The first-order valence-corrected chi connectivity index (χ1v) is 14.0. The van der Waals surface area contributed by atoms with Crippen LogP contribution in [0.2, 0.25) is 0 Å². The number of piperidine rings is 1. The third kappa shape index (κ3) is 6.99. The number of anilines is 1. The van der Waals surface area contributed by atoms with Crippen molar-refractivity contribution in [3.8, 4) is 22.8 Å². The number of amides is 1. The first-order valence-electron chi connectivity index (χ1n) is 14.0. The molecule has 3 aromatic carbocycles. The highest BCUT2D eigenvalue weighted by Gasteiger charge is 2.30. The topological polar surface area (TPSA) is 76.6 Å². The van der Waals surface area contributed by atoms with Crippen LogP contribution in [0.3, 0.4) is 0 Å². The van der Waals surface area contributed by atoms with E-state index in [0.29, 0.717) is 41.0 Å². The summed E-state index contributed by atoms with van der Waals surface area (Å²) in [6, 6.07) is 15.5. The van der Waals surface area contributed by atoms with Gasteiger partial charge < -0.3 is 19.7 Å². The number of methoxy groups -OCH3 is 1. The fraction of sp³-hybridized carbons (Fsp3) is 0.344. The second-order valence-corrected chi connectivity index (χ2v) is 10.5. The van der Waals surface area contributed by atoms with Crippen LogP contribution in [0.4, 0.5) is 18.9 Å². The van der Waals surface area contributed by atoms with Crippen LogP contribution in [0.1, 0.15) is 30.9 Å². The normalized spacial score (nSPS) is 15.9. The number of carbonyl (C=O) groups is 1. The van der Waals surface area contributed by atoms with Crippen LogP contribution in [0.25, 0.3) is 22.2 Å². The van der Waals surface area contributed by atoms with Crippen molar-refractivity contribution in [2.24, 2.45) is 5.92 Å². The number of hydrogen-bond donors (Lipinski definition) is 1. The molecule has 10 heteroatoms. The van der Waals surface area contributed by atoms with Crippen molar-refractivity contribution in [3.63, 3.8) is 0 Å². The van der Waals surface area contributed by atoms with E-state index >= 15 is 0 Å². The quantitative estimate of drug-likeness (QED) is 0.241. The predicted octanol–water partition coefficient (Wildman–Crippen LogP) is 6.62. The third-order valence-electron chi connectivity index (χ3n) is 7.53. The lowest BCUT2D eigenvalue weighted by Crippen LogP contribution is -2.37. The Morgan fingerprint density at radius 1 is 1.05 bits per heavy atom. The molecule has 1 N–H and O–H groups in total. The average molecular weight is 579 g/mol. The summed E-state index contributed by atoms with van der Waals surface area (Å²) in [7, 11) is 1.61. The predicted molar refractivity (Wildman–Crippen MR) is 156 cm³/mol. The molecule has 4 aromatic rings. The Labute approximate surface area is 242 Å². The molecule has 0 spiro atoms. The van der Waals surface area contributed by atoms with Crippen LogP contribution in [0.15, 0.2) is 67.0 Å². The molecule has 5 rings (SSSR count). The number of carbonyl (C=O) groups excluding carboxylic acids is 1. The maximum absolute atomic E-state index is 12.8. The second kappa shape index (κ2) is 12.8. The fourth-order valence-corrected chi connectivity index (χ4v) is 5.26.